The van der Waals surface area contributed by atoms with Crippen LogP contribution in [0, 0.1) is 5.41 Å². The summed E-state index contributed by atoms with van der Waals surface area (Å²) in [5, 5.41) is 0.614. The summed E-state index contributed by atoms with van der Waals surface area (Å²) < 4.78 is 24.0. The van der Waals surface area contributed by atoms with E-state index in [0.717, 1.165) is 0 Å². The highest BCUT2D eigenvalue weighted by Crippen LogP contribution is 2.49. The van der Waals surface area contributed by atoms with Gasteiger partial charge in [0.1, 0.15) is 0 Å². The first kappa shape index (κ1) is 15.4. The topological polar surface area (TPSA) is 35.5 Å². The summed E-state index contributed by atoms with van der Waals surface area (Å²) in [5.41, 5.74) is -0.0508. The highest BCUT2D eigenvalue weighted by atomic mass is 31.2. The average molecular weight is 270 g/mol. The third-order valence-electron chi connectivity index (χ3n) is 2.09. The van der Waals surface area contributed by atoms with Gasteiger partial charge in [-0.1, -0.05) is 39.0 Å². The molecule has 1 rings (SSSR count). The van der Waals surface area contributed by atoms with E-state index in [1.807, 2.05) is 52.8 Å². The summed E-state index contributed by atoms with van der Waals surface area (Å²) in [6.45, 7) is 10.2. The van der Waals surface area contributed by atoms with Gasteiger partial charge in [-0.05, 0) is 31.4 Å². The van der Waals surface area contributed by atoms with E-state index in [1.165, 1.54) is 0 Å². The van der Waals surface area contributed by atoms with Crippen molar-refractivity contribution in [1.29, 1.82) is 0 Å². The average Bonchev–Trinajstić information content (AvgIpc) is 2.26. The molecule has 1 aromatic carbocycles. The number of hydrogen-bond acceptors (Lipinski definition) is 3. The van der Waals surface area contributed by atoms with Crippen LogP contribution in [0.2, 0.25) is 0 Å². The monoisotopic (exact) mass is 270 g/mol. The molecule has 0 amide bonds. The number of hydrogen-bond donors (Lipinski definition) is 0. The van der Waals surface area contributed by atoms with E-state index in [0.29, 0.717) is 11.9 Å². The molecule has 0 aromatic heterocycles. The molecule has 1 aromatic rings. The van der Waals surface area contributed by atoms with Gasteiger partial charge < -0.3 is 9.05 Å². The zero-order valence-electron chi connectivity index (χ0n) is 11.8. The highest BCUT2D eigenvalue weighted by molar-refractivity contribution is 7.62. The molecule has 0 N–H and O–H groups in total. The van der Waals surface area contributed by atoms with Crippen molar-refractivity contribution < 1.29 is 13.6 Å². The Morgan fingerprint density at radius 3 is 2.17 bits per heavy atom. The Hall–Kier alpha value is -0.630. The van der Waals surface area contributed by atoms with E-state index in [9.17, 15) is 4.57 Å². The molecule has 0 spiro atoms. The Morgan fingerprint density at radius 1 is 1.17 bits per heavy atom. The van der Waals surface area contributed by atoms with Gasteiger partial charge >= 0.3 is 7.60 Å². The lowest BCUT2D eigenvalue weighted by atomic mass is 9.99. The van der Waals surface area contributed by atoms with Gasteiger partial charge in [-0.25, -0.2) is 0 Å². The van der Waals surface area contributed by atoms with Gasteiger partial charge in [-0.2, -0.15) is 0 Å². The number of benzene rings is 1. The van der Waals surface area contributed by atoms with Crippen molar-refractivity contribution >= 4 is 12.9 Å². The predicted molar refractivity (Wildman–Crippen MR) is 75.3 cm³/mol. The molecule has 4 heteroatoms. The van der Waals surface area contributed by atoms with Gasteiger partial charge in [-0.15, -0.1) is 0 Å². The van der Waals surface area contributed by atoms with Gasteiger partial charge in [0.25, 0.3) is 0 Å². The molecule has 1 atom stereocenters. The maximum absolute atomic E-state index is 12.8. The van der Waals surface area contributed by atoms with Crippen LogP contribution in [0.25, 0.3) is 0 Å². The second-order valence-electron chi connectivity index (χ2n) is 5.82. The Morgan fingerprint density at radius 2 is 1.72 bits per heavy atom. The van der Waals surface area contributed by atoms with Crippen LogP contribution >= 0.6 is 7.60 Å². The fourth-order valence-corrected chi connectivity index (χ4v) is 3.31. The van der Waals surface area contributed by atoms with Crippen LogP contribution in [-0.2, 0) is 13.6 Å². The smallest absolute Gasteiger partial charge is 0.305 e. The molecule has 3 nitrogen and oxygen atoms in total. The third kappa shape index (κ3) is 4.93. The molecular formula is C14H23O3P. The van der Waals surface area contributed by atoms with Gasteiger partial charge in [0.15, 0.2) is 0 Å². The van der Waals surface area contributed by atoms with Crippen LogP contribution in [0.5, 0.6) is 0 Å². The molecule has 0 heterocycles. The van der Waals surface area contributed by atoms with Crippen molar-refractivity contribution in [2.45, 2.75) is 40.7 Å². The van der Waals surface area contributed by atoms with Crippen LogP contribution in [0.15, 0.2) is 30.3 Å². The first-order valence-corrected chi connectivity index (χ1v) is 7.76. The Bertz CT molecular complexity index is 407. The minimum absolute atomic E-state index is 0.0508. The summed E-state index contributed by atoms with van der Waals surface area (Å²) in [5.74, 6) is 0. The lowest BCUT2D eigenvalue weighted by Crippen LogP contribution is -2.19. The van der Waals surface area contributed by atoms with Crippen LogP contribution in [-0.4, -0.2) is 12.7 Å². The van der Waals surface area contributed by atoms with Crippen molar-refractivity contribution in [3.05, 3.63) is 30.3 Å². The number of rotatable bonds is 5. The molecule has 0 aliphatic rings. The van der Waals surface area contributed by atoms with Crippen molar-refractivity contribution in [3.8, 4) is 0 Å². The molecule has 0 saturated carbocycles. The van der Waals surface area contributed by atoms with Gasteiger partial charge in [-0.3, -0.25) is 4.57 Å². The van der Waals surface area contributed by atoms with Crippen LogP contribution < -0.4 is 5.30 Å². The van der Waals surface area contributed by atoms with Crippen LogP contribution in [0.3, 0.4) is 0 Å². The van der Waals surface area contributed by atoms with Crippen LogP contribution in [0.4, 0.5) is 0 Å². The van der Waals surface area contributed by atoms with E-state index in [2.05, 4.69) is 0 Å². The van der Waals surface area contributed by atoms with Crippen LogP contribution in [0.1, 0.15) is 34.6 Å². The van der Waals surface area contributed by atoms with Crippen molar-refractivity contribution in [2.24, 2.45) is 5.41 Å². The fraction of sp³-hybridized carbons (Fsp3) is 0.571. The van der Waals surface area contributed by atoms with E-state index in [-0.39, 0.29) is 11.5 Å². The molecule has 1 unspecified atom stereocenters. The van der Waals surface area contributed by atoms with Crippen molar-refractivity contribution in [1.82, 2.24) is 0 Å². The van der Waals surface area contributed by atoms with Gasteiger partial charge in [0, 0.05) is 0 Å². The normalized spacial score (nSPS) is 15.7. The lowest BCUT2D eigenvalue weighted by Gasteiger charge is -2.25. The first-order chi connectivity index (χ1) is 8.23. The van der Waals surface area contributed by atoms with E-state index in [1.54, 1.807) is 12.1 Å². The van der Waals surface area contributed by atoms with E-state index in [4.69, 9.17) is 9.05 Å². The Kier molecular flexibility index (Phi) is 5.15. The maximum atomic E-state index is 12.8. The zero-order chi connectivity index (χ0) is 13.8. The summed E-state index contributed by atoms with van der Waals surface area (Å²) >= 11 is 0. The molecule has 0 aliphatic carbocycles. The van der Waals surface area contributed by atoms with Crippen molar-refractivity contribution in [3.63, 3.8) is 0 Å². The predicted octanol–water partition coefficient (Wildman–Crippen LogP) is 3.99. The van der Waals surface area contributed by atoms with Gasteiger partial charge in [0.2, 0.25) is 0 Å². The van der Waals surface area contributed by atoms with E-state index >= 15 is 0 Å². The fourth-order valence-electron chi connectivity index (χ4n) is 1.33. The Balaban J connectivity index is 2.93. The van der Waals surface area contributed by atoms with E-state index < -0.39 is 7.60 Å². The second-order valence-corrected chi connectivity index (χ2v) is 7.80. The molecule has 0 saturated heterocycles. The summed E-state index contributed by atoms with van der Waals surface area (Å²) in [7, 11) is -3.22. The minimum Gasteiger partial charge on any atom is -0.305 e. The zero-order valence-corrected chi connectivity index (χ0v) is 12.7. The molecule has 0 bridgehead atoms. The quantitative estimate of drug-likeness (QED) is 0.759. The third-order valence-corrected chi connectivity index (χ3v) is 4.19. The largest absolute Gasteiger partial charge is 0.361 e. The highest BCUT2D eigenvalue weighted by Gasteiger charge is 2.30. The minimum atomic E-state index is -3.22. The standard InChI is InChI=1S/C14H23O3P/c1-12(2)17-18(15,16-11-14(3,4)5)13-9-7-6-8-10-13/h6-10,12H,11H2,1-5H3. The molecule has 18 heavy (non-hydrogen) atoms. The van der Waals surface area contributed by atoms with Gasteiger partial charge in [0.05, 0.1) is 18.0 Å². The maximum Gasteiger partial charge on any atom is 0.361 e. The first-order valence-electron chi connectivity index (χ1n) is 6.21. The Labute approximate surface area is 110 Å². The summed E-state index contributed by atoms with van der Waals surface area (Å²) in [6.07, 6.45) is -0.143. The molecule has 0 fully saturated rings. The second kappa shape index (κ2) is 6.01. The molecular weight excluding hydrogens is 247 g/mol. The molecule has 0 radical (unpaired) electrons. The SMILES string of the molecule is CC(C)OP(=O)(OCC(C)(C)C)c1ccccc1. The van der Waals surface area contributed by atoms with Crippen molar-refractivity contribution in [2.75, 3.05) is 6.61 Å². The summed E-state index contributed by atoms with van der Waals surface area (Å²) in [4.78, 5) is 0. The summed E-state index contributed by atoms with van der Waals surface area (Å²) in [6, 6.07) is 9.13. The molecule has 0 aliphatic heterocycles. The lowest BCUT2D eigenvalue weighted by molar-refractivity contribution is 0.137. The molecule has 102 valence electrons.